The number of aliphatic hydroxyl groups excluding tert-OH is 1. The third-order valence-electron chi connectivity index (χ3n) is 7.67. The lowest BCUT2D eigenvalue weighted by molar-refractivity contribution is 0.0978. The molecule has 2 heteroatoms. The van der Waals surface area contributed by atoms with Crippen LogP contribution in [0.3, 0.4) is 0 Å². The molecule has 0 aliphatic carbocycles. The van der Waals surface area contributed by atoms with Crippen LogP contribution in [0.4, 0.5) is 0 Å². The molecular weight excluding hydrogens is 416 g/mol. The summed E-state index contributed by atoms with van der Waals surface area (Å²) >= 11 is 0. The quantitative estimate of drug-likeness (QED) is 0.183. The molecule has 2 aromatic carbocycles. The molecule has 0 bridgehead atoms. The second-order valence-corrected chi connectivity index (χ2v) is 9.53. The Morgan fingerprint density at radius 3 is 1.85 bits per heavy atom. The topological polar surface area (TPSA) is 37.3 Å². The Labute approximate surface area is 208 Å². The van der Waals surface area contributed by atoms with Gasteiger partial charge < -0.3 is 5.11 Å². The Balaban J connectivity index is 2.76. The van der Waals surface area contributed by atoms with Gasteiger partial charge in [-0.2, -0.15) is 0 Å². The summed E-state index contributed by atoms with van der Waals surface area (Å²) in [6.07, 6.45) is 8.82. The number of carbonyl (C=O) groups is 1. The number of aliphatic hydroxyl groups is 1. The fourth-order valence-electron chi connectivity index (χ4n) is 5.49. The standard InChI is InChI=1S/C32H46O2/c1-8-22-16-15-17-23(20-22)21-29(33)32(34)28-19-18-27(24(9-2)10-3)30(25(11-4)12-5)31(28)26(13-6)14-7/h15-21,24-26,33H,8-14H2,1-7H3. The first-order chi connectivity index (χ1) is 16.4. The van der Waals surface area contributed by atoms with Crippen molar-refractivity contribution in [2.45, 2.75) is 111 Å². The van der Waals surface area contributed by atoms with Gasteiger partial charge in [0.05, 0.1) is 0 Å². The fraction of sp³-hybridized carbons (Fsp3) is 0.531. The van der Waals surface area contributed by atoms with E-state index in [0.29, 0.717) is 23.3 Å². The van der Waals surface area contributed by atoms with Crippen LogP contribution < -0.4 is 0 Å². The third kappa shape index (κ3) is 6.20. The number of ketones is 1. The molecule has 0 aliphatic heterocycles. The molecule has 0 saturated carbocycles. The maximum atomic E-state index is 13.7. The van der Waals surface area contributed by atoms with Gasteiger partial charge in [0.1, 0.15) is 0 Å². The van der Waals surface area contributed by atoms with Gasteiger partial charge in [0.15, 0.2) is 5.76 Å². The van der Waals surface area contributed by atoms with Crippen molar-refractivity contribution < 1.29 is 9.90 Å². The molecule has 186 valence electrons. The molecule has 0 spiro atoms. The number of aryl methyl sites for hydroxylation is 1. The lowest BCUT2D eigenvalue weighted by atomic mass is 9.74. The molecule has 0 amide bonds. The highest BCUT2D eigenvalue weighted by atomic mass is 16.3. The predicted octanol–water partition coefficient (Wildman–Crippen LogP) is 9.74. The number of benzene rings is 2. The highest BCUT2D eigenvalue weighted by Crippen LogP contribution is 2.42. The van der Waals surface area contributed by atoms with Crippen molar-refractivity contribution in [2.24, 2.45) is 0 Å². The van der Waals surface area contributed by atoms with E-state index in [1.807, 2.05) is 24.3 Å². The summed E-state index contributed by atoms with van der Waals surface area (Å²) in [5, 5.41) is 11.0. The highest BCUT2D eigenvalue weighted by Gasteiger charge is 2.29. The average Bonchev–Trinajstić information content (AvgIpc) is 2.86. The van der Waals surface area contributed by atoms with Gasteiger partial charge in [-0.3, -0.25) is 4.79 Å². The van der Waals surface area contributed by atoms with Crippen LogP contribution in [0.5, 0.6) is 0 Å². The molecular formula is C32H46O2. The van der Waals surface area contributed by atoms with E-state index in [1.54, 1.807) is 6.08 Å². The molecule has 2 rings (SSSR count). The zero-order valence-corrected chi connectivity index (χ0v) is 22.6. The van der Waals surface area contributed by atoms with Crippen molar-refractivity contribution in [1.29, 1.82) is 0 Å². The van der Waals surface area contributed by atoms with Gasteiger partial charge in [0.2, 0.25) is 5.78 Å². The van der Waals surface area contributed by atoms with Gasteiger partial charge in [0.25, 0.3) is 0 Å². The molecule has 34 heavy (non-hydrogen) atoms. The molecule has 0 radical (unpaired) electrons. The average molecular weight is 463 g/mol. The number of hydrogen-bond acceptors (Lipinski definition) is 2. The second-order valence-electron chi connectivity index (χ2n) is 9.53. The summed E-state index contributed by atoms with van der Waals surface area (Å²) in [6, 6.07) is 12.2. The summed E-state index contributed by atoms with van der Waals surface area (Å²) in [7, 11) is 0. The number of carbonyl (C=O) groups excluding carboxylic acids is 1. The van der Waals surface area contributed by atoms with E-state index < -0.39 is 0 Å². The molecule has 1 N–H and O–H groups in total. The van der Waals surface area contributed by atoms with Crippen LogP contribution in [0.25, 0.3) is 6.08 Å². The second kappa shape index (κ2) is 13.5. The van der Waals surface area contributed by atoms with Crippen LogP contribution in [0.15, 0.2) is 42.2 Å². The number of Topliss-reactive ketones (excluding diaryl/α,β-unsaturated/α-hetero) is 1. The van der Waals surface area contributed by atoms with Crippen molar-refractivity contribution in [3.8, 4) is 0 Å². The smallest absolute Gasteiger partial charge is 0.227 e. The summed E-state index contributed by atoms with van der Waals surface area (Å²) < 4.78 is 0. The summed E-state index contributed by atoms with van der Waals surface area (Å²) in [4.78, 5) is 13.7. The van der Waals surface area contributed by atoms with Crippen molar-refractivity contribution in [1.82, 2.24) is 0 Å². The van der Waals surface area contributed by atoms with E-state index in [1.165, 1.54) is 22.3 Å². The Morgan fingerprint density at radius 2 is 1.32 bits per heavy atom. The van der Waals surface area contributed by atoms with Gasteiger partial charge in [-0.25, -0.2) is 0 Å². The van der Waals surface area contributed by atoms with E-state index in [2.05, 4.69) is 60.6 Å². The van der Waals surface area contributed by atoms with Crippen LogP contribution in [-0.4, -0.2) is 10.9 Å². The van der Waals surface area contributed by atoms with Crippen LogP contribution in [-0.2, 0) is 6.42 Å². The maximum absolute atomic E-state index is 13.7. The van der Waals surface area contributed by atoms with Crippen molar-refractivity contribution in [3.63, 3.8) is 0 Å². The molecule has 0 fully saturated rings. The molecule has 0 heterocycles. The van der Waals surface area contributed by atoms with Gasteiger partial charge in [0, 0.05) is 5.56 Å². The summed E-state index contributed by atoms with van der Waals surface area (Å²) in [5.74, 6) is 0.790. The Bertz CT molecular complexity index is 957. The molecule has 2 aromatic rings. The van der Waals surface area contributed by atoms with Gasteiger partial charge in [-0.1, -0.05) is 84.9 Å². The zero-order chi connectivity index (χ0) is 25.3. The minimum Gasteiger partial charge on any atom is -0.504 e. The van der Waals surface area contributed by atoms with Gasteiger partial charge in [-0.05, 0) is 96.6 Å². The van der Waals surface area contributed by atoms with E-state index in [-0.39, 0.29) is 11.5 Å². The first-order valence-corrected chi connectivity index (χ1v) is 13.6. The molecule has 0 aromatic heterocycles. The molecule has 0 aliphatic rings. The number of hydrogen-bond donors (Lipinski definition) is 1. The predicted molar refractivity (Wildman–Crippen MR) is 147 cm³/mol. The van der Waals surface area contributed by atoms with Crippen LogP contribution in [0.1, 0.15) is 143 Å². The maximum Gasteiger partial charge on any atom is 0.227 e. The Hall–Kier alpha value is -2.35. The monoisotopic (exact) mass is 462 g/mol. The van der Waals surface area contributed by atoms with E-state index in [4.69, 9.17) is 0 Å². The number of allylic oxidation sites excluding steroid dienone is 1. The molecule has 0 saturated heterocycles. The van der Waals surface area contributed by atoms with Crippen molar-refractivity contribution >= 4 is 11.9 Å². The first-order valence-electron chi connectivity index (χ1n) is 13.6. The minimum atomic E-state index is -0.257. The summed E-state index contributed by atoms with van der Waals surface area (Å²) in [5.41, 5.74) is 6.73. The lowest BCUT2D eigenvalue weighted by Crippen LogP contribution is -2.17. The molecule has 0 unspecified atom stereocenters. The summed E-state index contributed by atoms with van der Waals surface area (Å²) in [6.45, 7) is 15.6. The zero-order valence-electron chi connectivity index (χ0n) is 22.6. The SMILES string of the molecule is CCc1cccc(C=C(O)C(=O)c2ccc(C(CC)CC)c(C(CC)CC)c2C(CC)CC)c1. The van der Waals surface area contributed by atoms with Gasteiger partial charge in [-0.15, -0.1) is 0 Å². The largest absolute Gasteiger partial charge is 0.504 e. The van der Waals surface area contributed by atoms with E-state index in [9.17, 15) is 9.90 Å². The van der Waals surface area contributed by atoms with Crippen LogP contribution in [0, 0.1) is 0 Å². The minimum absolute atomic E-state index is 0.175. The Kier molecular flexibility index (Phi) is 11.1. The van der Waals surface area contributed by atoms with E-state index >= 15 is 0 Å². The molecule has 0 atom stereocenters. The third-order valence-corrected chi connectivity index (χ3v) is 7.67. The Morgan fingerprint density at radius 1 is 0.765 bits per heavy atom. The van der Waals surface area contributed by atoms with Crippen LogP contribution in [0.2, 0.25) is 0 Å². The first kappa shape index (κ1) is 27.9. The normalized spacial score (nSPS) is 12.2. The number of rotatable bonds is 13. The van der Waals surface area contributed by atoms with Gasteiger partial charge >= 0.3 is 0 Å². The van der Waals surface area contributed by atoms with E-state index in [0.717, 1.165) is 50.5 Å². The fourth-order valence-corrected chi connectivity index (χ4v) is 5.49. The highest BCUT2D eigenvalue weighted by molar-refractivity contribution is 6.10. The van der Waals surface area contributed by atoms with Crippen LogP contribution >= 0.6 is 0 Å². The molecule has 2 nitrogen and oxygen atoms in total. The van der Waals surface area contributed by atoms with Crippen molar-refractivity contribution in [3.05, 3.63) is 75.5 Å². The lowest BCUT2D eigenvalue weighted by Gasteiger charge is -2.30. The van der Waals surface area contributed by atoms with Crippen molar-refractivity contribution in [2.75, 3.05) is 0 Å².